The summed E-state index contributed by atoms with van der Waals surface area (Å²) in [7, 11) is 4.57. The van der Waals surface area contributed by atoms with Crippen LogP contribution in [0.15, 0.2) is 88.6 Å². The largest absolute Gasteiger partial charge is 0.507 e. The number of ether oxygens (including phenoxy) is 8. The van der Waals surface area contributed by atoms with E-state index in [4.69, 9.17) is 49.5 Å². The first-order valence-corrected chi connectivity index (χ1v) is 31.9. The van der Waals surface area contributed by atoms with Gasteiger partial charge in [-0.2, -0.15) is 0 Å². The monoisotopic (exact) mass is 1430 g/mol. The summed E-state index contributed by atoms with van der Waals surface area (Å²) in [5.74, 6) is 1.41. The molecule has 3 aliphatic heterocycles. The molecule has 0 radical (unpaired) electrons. The number of carbonyl (C=O) groups excluding carboxylic acids is 2. The van der Waals surface area contributed by atoms with Crippen LogP contribution in [0.25, 0.3) is 32.7 Å². The van der Waals surface area contributed by atoms with Gasteiger partial charge in [0, 0.05) is 80.0 Å². The Balaban J connectivity index is 0.000000166. The van der Waals surface area contributed by atoms with E-state index in [1.165, 1.54) is 78.1 Å². The van der Waals surface area contributed by atoms with E-state index in [0.717, 1.165) is 71.0 Å². The van der Waals surface area contributed by atoms with Gasteiger partial charge in [0.25, 0.3) is 0 Å². The summed E-state index contributed by atoms with van der Waals surface area (Å²) in [6, 6.07) is 15.1. The minimum Gasteiger partial charge on any atom is -0.507 e. The number of aromatic hydroxyl groups is 2. The van der Waals surface area contributed by atoms with E-state index in [-0.39, 0.29) is 69.7 Å². The first-order chi connectivity index (χ1) is 44.8. The van der Waals surface area contributed by atoms with Crippen LogP contribution in [0.4, 0.5) is 31.8 Å². The molecular formula is C64H72Br2ClF2N11O13. The summed E-state index contributed by atoms with van der Waals surface area (Å²) in [5, 5.41) is 38.1. The normalized spacial score (nSPS) is 15.1. The summed E-state index contributed by atoms with van der Waals surface area (Å²) in [6.07, 6.45) is 9.61. The van der Waals surface area contributed by atoms with E-state index >= 15 is 0 Å². The molecule has 5 N–H and O–H groups in total. The Morgan fingerprint density at radius 1 is 0.516 bits per heavy atom. The van der Waals surface area contributed by atoms with Crippen LogP contribution in [0, 0.1) is 11.6 Å². The van der Waals surface area contributed by atoms with E-state index in [1.807, 2.05) is 0 Å². The maximum atomic E-state index is 14.4. The number of nitrogens with zero attached hydrogens (tertiary/aromatic N) is 9. The third-order valence-electron chi connectivity index (χ3n) is 15.2. The second-order valence-corrected chi connectivity index (χ2v) is 24.1. The Morgan fingerprint density at radius 3 is 1.26 bits per heavy atom. The molecule has 93 heavy (non-hydrogen) atoms. The summed E-state index contributed by atoms with van der Waals surface area (Å²) < 4.78 is 74.3. The summed E-state index contributed by atoms with van der Waals surface area (Å²) in [4.78, 5) is 55.0. The molecule has 11 rings (SSSR count). The number of aromatic nitrogens is 6. The molecule has 3 aromatic heterocycles. The SMILES string of the molecule is COc1cc2c(Cl)ncnc2cc1OCC(CN1CCCC1)OC(C)=O.COc1cc2c(Nc3cc(O)c(Br)cc3F)ncnc2cc1OCC(CN1CCCC1)OC(C)=O.COc1cc2c(Nc3cc(O)c(Br)cc3F)ncnc2cc1OCC(O)CN1CCCC1. The number of rotatable bonds is 24. The molecule has 3 atom stereocenters. The minimum absolute atomic E-state index is 0.0520. The molecule has 0 amide bonds. The molecule has 6 heterocycles. The van der Waals surface area contributed by atoms with E-state index < -0.39 is 23.8 Å². The number of esters is 2. The van der Waals surface area contributed by atoms with E-state index in [2.05, 4.69) is 87.1 Å². The number of benzene rings is 5. The van der Waals surface area contributed by atoms with Crippen LogP contribution in [0.2, 0.25) is 5.15 Å². The molecule has 5 aromatic carbocycles. The van der Waals surface area contributed by atoms with Gasteiger partial charge >= 0.3 is 11.9 Å². The quantitative estimate of drug-likeness (QED) is 0.0278. The lowest BCUT2D eigenvalue weighted by Crippen LogP contribution is -2.37. The fourth-order valence-electron chi connectivity index (χ4n) is 10.8. The molecule has 0 bridgehead atoms. The van der Waals surface area contributed by atoms with Crippen LogP contribution in [0.1, 0.15) is 52.4 Å². The number of fused-ring (bicyclic) bond motifs is 3. The molecule has 0 saturated carbocycles. The van der Waals surface area contributed by atoms with Crippen LogP contribution in [0.5, 0.6) is 46.0 Å². The maximum Gasteiger partial charge on any atom is 0.303 e. The summed E-state index contributed by atoms with van der Waals surface area (Å²) in [6.45, 7) is 11.1. The third-order valence-corrected chi connectivity index (χ3v) is 16.8. The Hall–Kier alpha value is -7.99. The van der Waals surface area contributed by atoms with Gasteiger partial charge in [0.2, 0.25) is 0 Å². The molecule has 29 heteroatoms. The number of phenols is 2. The van der Waals surface area contributed by atoms with Gasteiger partial charge in [-0.3, -0.25) is 19.4 Å². The Kier molecular flexibility index (Phi) is 24.8. The number of β-amino-alcohol motifs (C(OH)–C–C–N with tert-alkyl or cyclic N) is 1. The number of anilines is 4. The van der Waals surface area contributed by atoms with Crippen molar-refractivity contribution in [3.63, 3.8) is 0 Å². The van der Waals surface area contributed by atoms with Crippen LogP contribution in [-0.2, 0) is 19.1 Å². The number of hydrogen-bond donors (Lipinski definition) is 5. The number of nitrogens with one attached hydrogen (secondary N) is 2. The number of aliphatic hydroxyl groups excluding tert-OH is 1. The van der Waals surface area contributed by atoms with Gasteiger partial charge in [0.15, 0.2) is 34.5 Å². The second kappa shape index (κ2) is 33.2. The zero-order chi connectivity index (χ0) is 66.1. The van der Waals surface area contributed by atoms with E-state index in [9.17, 15) is 33.7 Å². The summed E-state index contributed by atoms with van der Waals surface area (Å²) >= 11 is 12.3. The molecule has 0 spiro atoms. The molecular weight excluding hydrogens is 1360 g/mol. The number of methoxy groups -OCH3 is 3. The Bertz CT molecular complexity index is 3890. The molecule has 8 aromatic rings. The third kappa shape index (κ3) is 19.1. The topological polar surface area (TPSA) is 280 Å². The molecule has 3 saturated heterocycles. The second-order valence-electron chi connectivity index (χ2n) is 22.1. The first-order valence-electron chi connectivity index (χ1n) is 30.0. The lowest BCUT2D eigenvalue weighted by molar-refractivity contribution is -0.149. The van der Waals surface area contributed by atoms with Crippen LogP contribution >= 0.6 is 43.5 Å². The van der Waals surface area contributed by atoms with Gasteiger partial charge in [-0.05, 0) is 140 Å². The van der Waals surface area contributed by atoms with E-state index in [1.54, 1.807) is 43.5 Å². The predicted molar refractivity (Wildman–Crippen MR) is 352 cm³/mol. The minimum atomic E-state index is -0.621. The highest BCUT2D eigenvalue weighted by molar-refractivity contribution is 9.11. The van der Waals surface area contributed by atoms with Gasteiger partial charge in [-0.25, -0.2) is 38.7 Å². The highest BCUT2D eigenvalue weighted by Crippen LogP contribution is 2.40. The van der Waals surface area contributed by atoms with Crippen LogP contribution < -0.4 is 39.1 Å². The molecule has 3 unspecified atom stereocenters. The average Bonchev–Trinajstić information content (AvgIpc) is 1.07. The fraction of sp³-hybridized carbons (Fsp3) is 0.406. The highest BCUT2D eigenvalue weighted by Gasteiger charge is 2.25. The lowest BCUT2D eigenvalue weighted by Gasteiger charge is -2.23. The van der Waals surface area contributed by atoms with Crippen LogP contribution in [-0.4, -0.2) is 190 Å². The smallest absolute Gasteiger partial charge is 0.303 e. The van der Waals surface area contributed by atoms with Crippen molar-refractivity contribution in [3.05, 3.63) is 105 Å². The molecule has 496 valence electrons. The highest BCUT2D eigenvalue weighted by atomic mass is 79.9. The van der Waals surface area contributed by atoms with Crippen molar-refractivity contribution in [2.45, 2.75) is 70.7 Å². The van der Waals surface area contributed by atoms with Crippen molar-refractivity contribution in [1.29, 1.82) is 0 Å². The Labute approximate surface area is 557 Å². The van der Waals surface area contributed by atoms with Crippen molar-refractivity contribution in [3.8, 4) is 46.0 Å². The van der Waals surface area contributed by atoms with Crippen molar-refractivity contribution >= 4 is 111 Å². The molecule has 0 aliphatic carbocycles. The number of phenolic OH excluding ortho intramolecular Hbond substituents is 2. The number of halogens is 5. The van der Waals surface area contributed by atoms with Gasteiger partial charge < -0.3 is 68.7 Å². The number of aliphatic hydroxyl groups is 1. The molecule has 3 aliphatic rings. The fourth-order valence-corrected chi connectivity index (χ4v) is 11.6. The standard InChI is InChI=1S/C24H26BrFN4O5.C22H24BrFN4O4.C18H22ClN3O4/c1-14(31)35-15(11-30-5-3-4-6-30)12-34-23-10-19-16(7-22(23)33-2)24(28-13-27-19)29-20-9-21(32)17(25)8-18(20)26;1-31-20-6-14-17(9-21(20)32-11-13(29)10-28-4-2-3-5-28)25-12-26-22(14)27-18-8-19(30)15(23)7-16(18)24;1-12(23)26-13(9-22-5-3-4-6-22)10-25-17-8-15-14(7-16(17)24-2)18(19)21-11-20-15/h7-10,13,15,32H,3-6,11-12H2,1-2H3,(H,27,28,29);6-9,12-13,29-30H,2-5,10-11H2,1H3,(H,25,26,27);7-8,11,13H,3-6,9-10H2,1-2H3. The zero-order valence-electron chi connectivity index (χ0n) is 51.8. The maximum absolute atomic E-state index is 14.4. The number of likely N-dealkylation sites (tertiary alicyclic amines) is 3. The number of hydrogen-bond acceptors (Lipinski definition) is 24. The van der Waals surface area contributed by atoms with E-state index in [0.29, 0.717) is 104 Å². The van der Waals surface area contributed by atoms with Crippen molar-refractivity contribution in [1.82, 2.24) is 44.6 Å². The average molecular weight is 1440 g/mol. The first kappa shape index (κ1) is 69.4. The van der Waals surface area contributed by atoms with Crippen molar-refractivity contribution < 1.29 is 71.6 Å². The predicted octanol–water partition coefficient (Wildman–Crippen LogP) is 10.9. The zero-order valence-corrected chi connectivity index (χ0v) is 55.7. The molecule has 24 nitrogen and oxygen atoms in total. The van der Waals surface area contributed by atoms with Crippen molar-refractivity contribution in [2.24, 2.45) is 0 Å². The van der Waals surface area contributed by atoms with Gasteiger partial charge in [0.05, 0.1) is 58.2 Å². The molecule has 3 fully saturated rings. The number of carbonyl (C=O) groups is 2. The van der Waals surface area contributed by atoms with Gasteiger partial charge in [0.1, 0.15) is 97.0 Å². The Morgan fingerprint density at radius 2 is 0.871 bits per heavy atom. The van der Waals surface area contributed by atoms with Crippen molar-refractivity contribution in [2.75, 3.05) is 111 Å². The lowest BCUT2D eigenvalue weighted by atomic mass is 10.2. The van der Waals surface area contributed by atoms with Gasteiger partial charge in [-0.15, -0.1) is 0 Å². The summed E-state index contributed by atoms with van der Waals surface area (Å²) in [5.41, 5.74) is 1.85. The van der Waals surface area contributed by atoms with Gasteiger partial charge in [-0.1, -0.05) is 11.6 Å². The van der Waals surface area contributed by atoms with Crippen LogP contribution in [0.3, 0.4) is 0 Å².